The minimum absolute atomic E-state index is 0.615. The lowest BCUT2D eigenvalue weighted by molar-refractivity contribution is 0.231. The Labute approximate surface area is 111 Å². The largest absolute Gasteiger partial charge is 0.310 e. The van der Waals surface area contributed by atoms with Crippen molar-refractivity contribution in [3.05, 3.63) is 34.9 Å². The zero-order valence-electron chi connectivity index (χ0n) is 11.5. The van der Waals surface area contributed by atoms with Crippen molar-refractivity contribution in [2.75, 3.05) is 6.54 Å². The first-order valence-electron chi connectivity index (χ1n) is 7.73. The van der Waals surface area contributed by atoms with Crippen molar-refractivity contribution >= 4 is 0 Å². The van der Waals surface area contributed by atoms with Gasteiger partial charge in [-0.25, -0.2) is 0 Å². The van der Waals surface area contributed by atoms with Crippen LogP contribution in [0.4, 0.5) is 0 Å². The van der Waals surface area contributed by atoms with E-state index in [0.717, 1.165) is 12.5 Å². The first kappa shape index (κ1) is 12.2. The van der Waals surface area contributed by atoms with Crippen LogP contribution in [0.2, 0.25) is 0 Å². The second kappa shape index (κ2) is 5.44. The molecule has 0 spiro atoms. The predicted octanol–water partition coefficient (Wildman–Crippen LogP) is 4.02. The highest BCUT2D eigenvalue weighted by atomic mass is 14.9. The van der Waals surface area contributed by atoms with Gasteiger partial charge >= 0.3 is 0 Å². The predicted molar refractivity (Wildman–Crippen MR) is 76.8 cm³/mol. The van der Waals surface area contributed by atoms with Crippen LogP contribution in [0.5, 0.6) is 0 Å². The zero-order valence-corrected chi connectivity index (χ0v) is 11.5. The molecule has 0 aromatic heterocycles. The molecule has 2 aliphatic carbocycles. The summed E-state index contributed by atoms with van der Waals surface area (Å²) in [5.74, 6) is 0.885. The quantitative estimate of drug-likeness (QED) is 0.823. The van der Waals surface area contributed by atoms with Gasteiger partial charge in [-0.05, 0) is 67.7 Å². The molecule has 1 saturated carbocycles. The van der Waals surface area contributed by atoms with Crippen LogP contribution >= 0.6 is 0 Å². The lowest BCUT2D eigenvalue weighted by Gasteiger charge is -2.35. The Kier molecular flexibility index (Phi) is 3.69. The lowest BCUT2D eigenvalue weighted by Crippen LogP contribution is -2.32. The highest BCUT2D eigenvalue weighted by Crippen LogP contribution is 2.38. The molecule has 1 aromatic carbocycles. The minimum Gasteiger partial charge on any atom is -0.310 e. The number of fused-ring (bicyclic) bond motifs is 1. The van der Waals surface area contributed by atoms with Crippen molar-refractivity contribution in [2.45, 2.75) is 57.9 Å². The van der Waals surface area contributed by atoms with Crippen LogP contribution in [0.3, 0.4) is 0 Å². The van der Waals surface area contributed by atoms with Crippen molar-refractivity contribution in [3.63, 3.8) is 0 Å². The van der Waals surface area contributed by atoms with E-state index in [1.165, 1.54) is 44.9 Å². The number of hydrogen-bond donors (Lipinski definition) is 1. The van der Waals surface area contributed by atoms with E-state index in [9.17, 15) is 0 Å². The van der Waals surface area contributed by atoms with Gasteiger partial charge in [0.15, 0.2) is 0 Å². The Hall–Kier alpha value is -0.820. The Morgan fingerprint density at radius 3 is 2.72 bits per heavy atom. The summed E-state index contributed by atoms with van der Waals surface area (Å²) >= 11 is 0. The van der Waals surface area contributed by atoms with Gasteiger partial charge in [-0.2, -0.15) is 0 Å². The number of aryl methyl sites for hydroxylation is 2. The molecule has 0 aliphatic heterocycles. The van der Waals surface area contributed by atoms with Gasteiger partial charge in [0, 0.05) is 6.04 Å². The molecule has 0 heterocycles. The summed E-state index contributed by atoms with van der Waals surface area (Å²) in [4.78, 5) is 0. The number of benzene rings is 1. The lowest BCUT2D eigenvalue weighted by atomic mass is 9.77. The average molecular weight is 243 g/mol. The molecular weight excluding hydrogens is 218 g/mol. The molecule has 0 amide bonds. The number of rotatable bonds is 5. The molecule has 1 heteroatoms. The molecule has 3 rings (SSSR count). The Bertz CT molecular complexity index is 406. The first-order valence-corrected chi connectivity index (χ1v) is 7.73. The topological polar surface area (TPSA) is 12.0 Å². The van der Waals surface area contributed by atoms with Gasteiger partial charge in [-0.15, -0.1) is 0 Å². The third-order valence-corrected chi connectivity index (χ3v) is 4.72. The van der Waals surface area contributed by atoms with E-state index >= 15 is 0 Å². The molecule has 2 aliphatic rings. The Morgan fingerprint density at radius 2 is 2.00 bits per heavy atom. The molecule has 0 saturated heterocycles. The molecule has 1 nitrogen and oxygen atoms in total. The SMILES string of the molecule is CCCNC(c1ccc2c(c1)CCC2)C1CCC1. The van der Waals surface area contributed by atoms with Crippen molar-refractivity contribution in [1.29, 1.82) is 0 Å². The third-order valence-electron chi connectivity index (χ3n) is 4.72. The molecule has 1 aromatic rings. The molecule has 0 bridgehead atoms. The van der Waals surface area contributed by atoms with Crippen molar-refractivity contribution < 1.29 is 0 Å². The fourth-order valence-electron chi connectivity index (χ4n) is 3.41. The fourth-order valence-corrected chi connectivity index (χ4v) is 3.41. The van der Waals surface area contributed by atoms with Gasteiger partial charge in [0.1, 0.15) is 0 Å². The monoisotopic (exact) mass is 243 g/mol. The van der Waals surface area contributed by atoms with E-state index in [4.69, 9.17) is 0 Å². The van der Waals surface area contributed by atoms with Crippen molar-refractivity contribution in [1.82, 2.24) is 5.32 Å². The maximum Gasteiger partial charge on any atom is 0.0348 e. The molecule has 98 valence electrons. The average Bonchev–Trinajstić information content (AvgIpc) is 2.78. The summed E-state index contributed by atoms with van der Waals surface area (Å²) in [7, 11) is 0. The molecule has 1 N–H and O–H groups in total. The van der Waals surface area contributed by atoms with Gasteiger partial charge in [-0.3, -0.25) is 0 Å². The second-order valence-corrected chi connectivity index (χ2v) is 6.00. The molecule has 1 fully saturated rings. The normalized spacial score (nSPS) is 20.5. The maximum atomic E-state index is 3.78. The van der Waals surface area contributed by atoms with Crippen molar-refractivity contribution in [3.8, 4) is 0 Å². The summed E-state index contributed by atoms with van der Waals surface area (Å²) in [6.07, 6.45) is 9.45. The Balaban J connectivity index is 1.80. The highest BCUT2D eigenvalue weighted by Gasteiger charge is 2.28. The smallest absolute Gasteiger partial charge is 0.0348 e. The highest BCUT2D eigenvalue weighted by molar-refractivity contribution is 5.37. The van der Waals surface area contributed by atoms with E-state index < -0.39 is 0 Å². The van der Waals surface area contributed by atoms with E-state index in [-0.39, 0.29) is 0 Å². The van der Waals surface area contributed by atoms with Gasteiger partial charge < -0.3 is 5.32 Å². The maximum absolute atomic E-state index is 3.78. The van der Waals surface area contributed by atoms with Crippen LogP contribution in [-0.2, 0) is 12.8 Å². The summed E-state index contributed by atoms with van der Waals surface area (Å²) in [5.41, 5.74) is 4.77. The Morgan fingerprint density at radius 1 is 1.17 bits per heavy atom. The zero-order chi connectivity index (χ0) is 12.4. The summed E-state index contributed by atoms with van der Waals surface area (Å²) < 4.78 is 0. The third kappa shape index (κ3) is 2.33. The number of hydrogen-bond acceptors (Lipinski definition) is 1. The minimum atomic E-state index is 0.615. The van der Waals surface area contributed by atoms with E-state index in [1.54, 1.807) is 16.7 Å². The summed E-state index contributed by atoms with van der Waals surface area (Å²) in [5, 5.41) is 3.78. The van der Waals surface area contributed by atoms with Crippen LogP contribution in [-0.4, -0.2) is 6.54 Å². The van der Waals surface area contributed by atoms with Gasteiger partial charge in [0.25, 0.3) is 0 Å². The van der Waals surface area contributed by atoms with Crippen LogP contribution in [0, 0.1) is 5.92 Å². The fraction of sp³-hybridized carbons (Fsp3) is 0.647. The second-order valence-electron chi connectivity index (χ2n) is 6.00. The van der Waals surface area contributed by atoms with Crippen LogP contribution in [0.15, 0.2) is 18.2 Å². The van der Waals surface area contributed by atoms with Crippen molar-refractivity contribution in [2.24, 2.45) is 5.92 Å². The number of nitrogens with one attached hydrogen (secondary N) is 1. The molecular formula is C17H25N. The van der Waals surface area contributed by atoms with Gasteiger partial charge in [-0.1, -0.05) is 31.5 Å². The molecule has 1 atom stereocenters. The first-order chi connectivity index (χ1) is 8.88. The standard InChI is InChI=1S/C17H25N/c1-2-11-18-17(14-6-4-7-14)16-10-9-13-5-3-8-15(13)12-16/h9-10,12,14,17-18H,2-8,11H2,1H3. The van der Waals surface area contributed by atoms with Crippen LogP contribution in [0.25, 0.3) is 0 Å². The van der Waals surface area contributed by atoms with Crippen LogP contribution < -0.4 is 5.32 Å². The van der Waals surface area contributed by atoms with E-state index in [2.05, 4.69) is 30.4 Å². The molecule has 1 unspecified atom stereocenters. The van der Waals surface area contributed by atoms with Crippen LogP contribution in [0.1, 0.15) is 61.8 Å². The molecule has 18 heavy (non-hydrogen) atoms. The summed E-state index contributed by atoms with van der Waals surface area (Å²) in [6.45, 7) is 3.41. The summed E-state index contributed by atoms with van der Waals surface area (Å²) in [6, 6.07) is 7.88. The van der Waals surface area contributed by atoms with E-state index in [1.807, 2.05) is 0 Å². The molecule has 0 radical (unpaired) electrons. The van der Waals surface area contributed by atoms with Gasteiger partial charge in [0.2, 0.25) is 0 Å². The van der Waals surface area contributed by atoms with E-state index in [0.29, 0.717) is 6.04 Å². The van der Waals surface area contributed by atoms with Gasteiger partial charge in [0.05, 0.1) is 0 Å².